The predicted octanol–water partition coefficient (Wildman–Crippen LogP) is 3.57. The molecule has 3 rings (SSSR count). The smallest absolute Gasteiger partial charge is 0.298 e. The number of hydrogen-bond donors (Lipinski definition) is 0. The summed E-state index contributed by atoms with van der Waals surface area (Å²) in [6.07, 6.45) is 1.45. The van der Waals surface area contributed by atoms with Gasteiger partial charge in [0.15, 0.2) is 5.13 Å². The van der Waals surface area contributed by atoms with Gasteiger partial charge in [-0.2, -0.15) is 0 Å². The van der Waals surface area contributed by atoms with Crippen LogP contribution in [0.4, 0.5) is 5.13 Å². The van der Waals surface area contributed by atoms with Gasteiger partial charge >= 0.3 is 0 Å². The number of carbonyl (C=O) groups is 1. The van der Waals surface area contributed by atoms with Crippen LogP contribution < -0.4 is 4.90 Å². The molecule has 0 bridgehead atoms. The lowest BCUT2D eigenvalue weighted by atomic mass is 10.3. The summed E-state index contributed by atoms with van der Waals surface area (Å²) in [6, 6.07) is 7.14. The van der Waals surface area contributed by atoms with Gasteiger partial charge in [0, 0.05) is 19.2 Å². The fourth-order valence-corrected chi connectivity index (χ4v) is 3.35. The van der Waals surface area contributed by atoms with Crippen LogP contribution in [0.25, 0.3) is 10.2 Å². The number of para-hydroxylation sites is 1. The Hall–Kier alpha value is -1.67. The third kappa shape index (κ3) is 3.87. The first-order chi connectivity index (χ1) is 11.1. The van der Waals surface area contributed by atoms with Crippen molar-refractivity contribution in [2.75, 3.05) is 32.1 Å². The van der Waals surface area contributed by atoms with Crippen molar-refractivity contribution in [1.29, 1.82) is 0 Å². The molecule has 0 fully saturated rings. The maximum Gasteiger partial charge on any atom is 0.298 e. The number of halogens is 2. The molecule has 0 aliphatic rings. The molecule has 0 unspecified atom stereocenters. The highest BCUT2D eigenvalue weighted by Crippen LogP contribution is 2.33. The fourth-order valence-electron chi connectivity index (χ4n) is 2.06. The number of benzene rings is 1. The normalized spacial score (nSPS) is 10.8. The van der Waals surface area contributed by atoms with Crippen molar-refractivity contribution < 1.29 is 9.32 Å². The van der Waals surface area contributed by atoms with Crippen LogP contribution in [0.3, 0.4) is 0 Å². The zero-order chi connectivity index (χ0) is 16.4. The average molecular weight is 387 g/mol. The van der Waals surface area contributed by atoms with E-state index in [2.05, 4.69) is 10.1 Å². The molecule has 0 aliphatic carbocycles. The quantitative estimate of drug-likeness (QED) is 0.670. The van der Waals surface area contributed by atoms with Crippen molar-refractivity contribution in [3.63, 3.8) is 0 Å². The number of carbonyl (C=O) groups excluding carboxylic acids is 1. The van der Waals surface area contributed by atoms with Gasteiger partial charge in [-0.25, -0.2) is 4.98 Å². The fraction of sp³-hybridized carbons (Fsp3) is 0.267. The first-order valence-corrected chi connectivity index (χ1v) is 8.18. The van der Waals surface area contributed by atoms with E-state index in [0.29, 0.717) is 28.8 Å². The van der Waals surface area contributed by atoms with Crippen LogP contribution in [0.1, 0.15) is 10.6 Å². The van der Waals surface area contributed by atoms with Gasteiger partial charge in [-0.3, -0.25) is 9.69 Å². The Balaban J connectivity index is 0.00000208. The van der Waals surface area contributed by atoms with Crippen LogP contribution in [-0.2, 0) is 0 Å². The Kier molecular flexibility index (Phi) is 6.17. The summed E-state index contributed by atoms with van der Waals surface area (Å²) in [4.78, 5) is 20.8. The van der Waals surface area contributed by atoms with E-state index < -0.39 is 0 Å². The van der Waals surface area contributed by atoms with E-state index in [-0.39, 0.29) is 24.1 Å². The Labute approximate surface area is 154 Å². The van der Waals surface area contributed by atoms with E-state index in [4.69, 9.17) is 16.1 Å². The summed E-state index contributed by atoms with van der Waals surface area (Å²) in [5, 5.41) is 4.77. The maximum absolute atomic E-state index is 12.7. The van der Waals surface area contributed by atoms with E-state index in [9.17, 15) is 4.79 Å². The Morgan fingerprint density at radius 2 is 2.08 bits per heavy atom. The van der Waals surface area contributed by atoms with E-state index in [1.807, 2.05) is 31.1 Å². The number of rotatable bonds is 5. The van der Waals surface area contributed by atoms with Gasteiger partial charge in [0.05, 0.1) is 15.9 Å². The molecule has 0 aliphatic heterocycles. The highest BCUT2D eigenvalue weighted by atomic mass is 35.5. The molecule has 0 radical (unpaired) electrons. The summed E-state index contributed by atoms with van der Waals surface area (Å²) < 4.78 is 5.94. The molecule has 0 spiro atoms. The summed E-state index contributed by atoms with van der Waals surface area (Å²) >= 11 is 7.61. The molecular weight excluding hydrogens is 371 g/mol. The second-order valence-corrected chi connectivity index (χ2v) is 6.64. The minimum absolute atomic E-state index is 0. The molecule has 2 heterocycles. The topological polar surface area (TPSA) is 62.5 Å². The van der Waals surface area contributed by atoms with Gasteiger partial charge in [-0.05, 0) is 26.2 Å². The zero-order valence-electron chi connectivity index (χ0n) is 13.1. The standard InChI is InChI=1S/C15H15ClN4O2S.ClH/c1-19(2)8-9-20(14(21)11-6-7-17-22-11)15-18-13-10(16)4-3-5-12(13)23-15;/h3-7H,8-9H2,1-2H3;1H. The molecule has 1 aromatic carbocycles. The van der Waals surface area contributed by atoms with Gasteiger partial charge in [0.1, 0.15) is 5.52 Å². The number of amides is 1. The van der Waals surface area contributed by atoms with Crippen LogP contribution in [-0.4, -0.2) is 48.1 Å². The van der Waals surface area contributed by atoms with E-state index in [0.717, 1.165) is 4.70 Å². The lowest BCUT2D eigenvalue weighted by Crippen LogP contribution is -2.36. The van der Waals surface area contributed by atoms with Crippen molar-refractivity contribution in [1.82, 2.24) is 15.0 Å². The summed E-state index contributed by atoms with van der Waals surface area (Å²) in [5.74, 6) is -0.0753. The number of likely N-dealkylation sites (N-methyl/N-ethyl adjacent to an activating group) is 1. The molecule has 0 saturated carbocycles. The highest BCUT2D eigenvalue weighted by Gasteiger charge is 2.24. The molecule has 128 valence electrons. The molecule has 3 aromatic rings. The third-order valence-corrected chi connectivity index (χ3v) is 4.60. The second kappa shape index (κ2) is 7.94. The molecule has 6 nitrogen and oxygen atoms in total. The number of anilines is 1. The van der Waals surface area contributed by atoms with Crippen LogP contribution in [0.15, 0.2) is 35.0 Å². The molecule has 0 N–H and O–H groups in total. The molecule has 1 amide bonds. The lowest BCUT2D eigenvalue weighted by molar-refractivity contribution is 0.0949. The van der Waals surface area contributed by atoms with Gasteiger partial charge < -0.3 is 9.42 Å². The Bertz CT molecular complexity index is 820. The molecule has 9 heteroatoms. The second-order valence-electron chi connectivity index (χ2n) is 5.22. The first-order valence-electron chi connectivity index (χ1n) is 6.98. The number of fused-ring (bicyclic) bond motifs is 1. The van der Waals surface area contributed by atoms with Gasteiger partial charge in [-0.15, -0.1) is 12.4 Å². The largest absolute Gasteiger partial charge is 0.351 e. The third-order valence-electron chi connectivity index (χ3n) is 3.25. The number of nitrogens with zero attached hydrogens (tertiary/aromatic N) is 4. The van der Waals surface area contributed by atoms with Crippen LogP contribution >= 0.6 is 35.3 Å². The monoisotopic (exact) mass is 386 g/mol. The van der Waals surface area contributed by atoms with Gasteiger partial charge in [0.2, 0.25) is 5.76 Å². The average Bonchev–Trinajstić information content (AvgIpc) is 3.16. The summed E-state index contributed by atoms with van der Waals surface area (Å²) in [7, 11) is 3.90. The number of aromatic nitrogens is 2. The summed E-state index contributed by atoms with van der Waals surface area (Å²) in [6.45, 7) is 1.19. The van der Waals surface area contributed by atoms with Crippen molar-refractivity contribution in [2.45, 2.75) is 0 Å². The Morgan fingerprint density at radius 3 is 2.71 bits per heavy atom. The van der Waals surface area contributed by atoms with Crippen molar-refractivity contribution in [2.24, 2.45) is 0 Å². The van der Waals surface area contributed by atoms with E-state index in [1.165, 1.54) is 17.5 Å². The van der Waals surface area contributed by atoms with Crippen molar-refractivity contribution >= 4 is 56.6 Å². The van der Waals surface area contributed by atoms with Crippen LogP contribution in [0.2, 0.25) is 5.02 Å². The molecular formula is C15H16Cl2N4O2S. The van der Waals surface area contributed by atoms with E-state index in [1.54, 1.807) is 17.0 Å². The van der Waals surface area contributed by atoms with Crippen molar-refractivity contribution in [3.8, 4) is 0 Å². The van der Waals surface area contributed by atoms with Gasteiger partial charge in [-0.1, -0.05) is 34.2 Å². The Morgan fingerprint density at radius 1 is 1.29 bits per heavy atom. The van der Waals surface area contributed by atoms with E-state index >= 15 is 0 Å². The van der Waals surface area contributed by atoms with Crippen LogP contribution in [0.5, 0.6) is 0 Å². The molecule has 0 atom stereocenters. The highest BCUT2D eigenvalue weighted by molar-refractivity contribution is 7.22. The van der Waals surface area contributed by atoms with Gasteiger partial charge in [0.25, 0.3) is 5.91 Å². The van der Waals surface area contributed by atoms with Crippen molar-refractivity contribution in [3.05, 3.63) is 41.2 Å². The van der Waals surface area contributed by atoms with Crippen LogP contribution in [0, 0.1) is 0 Å². The number of thiazole rings is 1. The molecule has 24 heavy (non-hydrogen) atoms. The summed E-state index contributed by atoms with van der Waals surface area (Å²) in [5.41, 5.74) is 0.703. The zero-order valence-corrected chi connectivity index (χ0v) is 15.5. The maximum atomic E-state index is 12.7. The molecule has 0 saturated heterocycles. The minimum Gasteiger partial charge on any atom is -0.351 e. The minimum atomic E-state index is -0.264. The lowest BCUT2D eigenvalue weighted by Gasteiger charge is -2.20. The first kappa shape index (κ1) is 18.7. The molecule has 2 aromatic heterocycles. The predicted molar refractivity (Wildman–Crippen MR) is 98.6 cm³/mol. The number of hydrogen-bond acceptors (Lipinski definition) is 6. The SMILES string of the molecule is CN(C)CCN(C(=O)c1ccno1)c1nc2c(Cl)cccc2s1.Cl.